The molecule has 2 aromatic carbocycles. The second-order valence-electron chi connectivity index (χ2n) is 6.82. The van der Waals surface area contributed by atoms with Gasteiger partial charge < -0.3 is 15.1 Å². The Bertz CT molecular complexity index is 1120. The molecule has 0 radical (unpaired) electrons. The molecule has 0 atom stereocenters. The zero-order chi connectivity index (χ0) is 20.9. The van der Waals surface area contributed by atoms with Crippen molar-refractivity contribution < 1.29 is 9.21 Å². The van der Waals surface area contributed by atoms with Crippen molar-refractivity contribution in [2.75, 3.05) is 5.32 Å². The minimum atomic E-state index is -0.165. The topological polar surface area (TPSA) is 78.3 Å². The molecule has 1 aromatic heterocycles. The van der Waals surface area contributed by atoms with Gasteiger partial charge in [0, 0.05) is 16.3 Å². The predicted octanol–water partition coefficient (Wildman–Crippen LogP) is 4.57. The number of hydrazine groups is 1. The van der Waals surface area contributed by atoms with E-state index >= 15 is 0 Å². The van der Waals surface area contributed by atoms with Gasteiger partial charge in [-0.15, -0.1) is 0 Å². The first-order valence-corrected chi connectivity index (χ1v) is 9.85. The van der Waals surface area contributed by atoms with Crippen molar-refractivity contribution in [1.82, 2.24) is 16.2 Å². The highest BCUT2D eigenvalue weighted by Crippen LogP contribution is 2.18. The first-order chi connectivity index (χ1) is 14.6. The monoisotopic (exact) mass is 420 g/mol. The average molecular weight is 421 g/mol. The number of benzene rings is 2. The first-order valence-electron chi connectivity index (χ1n) is 9.47. The molecule has 0 saturated carbocycles. The third kappa shape index (κ3) is 4.85. The van der Waals surface area contributed by atoms with Crippen molar-refractivity contribution in [3.63, 3.8) is 0 Å². The molecule has 0 bridgehead atoms. The minimum absolute atomic E-state index is 0.165. The summed E-state index contributed by atoms with van der Waals surface area (Å²) in [5, 5.41) is 6.82. The number of carbonyl (C=O) groups is 1. The molecule has 1 aliphatic heterocycles. The first kappa shape index (κ1) is 19.7. The molecular formula is C23H21ClN4O2. The number of hydrogen-bond donors (Lipinski definition) is 4. The van der Waals surface area contributed by atoms with E-state index in [1.54, 1.807) is 12.1 Å². The van der Waals surface area contributed by atoms with Crippen LogP contribution < -0.4 is 21.5 Å². The van der Waals surface area contributed by atoms with Crippen LogP contribution in [0.25, 0.3) is 5.70 Å². The fraction of sp³-hybridized carbons (Fsp3) is 0.0870. The van der Waals surface area contributed by atoms with Crippen molar-refractivity contribution in [2.45, 2.75) is 13.5 Å². The van der Waals surface area contributed by atoms with E-state index in [1.165, 1.54) is 0 Å². The number of halogens is 1. The fourth-order valence-electron chi connectivity index (χ4n) is 3.00. The summed E-state index contributed by atoms with van der Waals surface area (Å²) in [5.74, 6) is 2.14. The van der Waals surface area contributed by atoms with Crippen LogP contribution in [-0.2, 0) is 6.54 Å². The van der Waals surface area contributed by atoms with Gasteiger partial charge in [0.1, 0.15) is 17.3 Å². The maximum Gasteiger partial charge on any atom is 0.251 e. The van der Waals surface area contributed by atoms with Crippen LogP contribution in [0, 0.1) is 6.92 Å². The van der Waals surface area contributed by atoms with E-state index in [2.05, 4.69) is 21.5 Å². The van der Waals surface area contributed by atoms with Gasteiger partial charge in [0.15, 0.2) is 0 Å². The summed E-state index contributed by atoms with van der Waals surface area (Å²) in [4.78, 5) is 12.5. The van der Waals surface area contributed by atoms with Gasteiger partial charge in [-0.1, -0.05) is 29.8 Å². The summed E-state index contributed by atoms with van der Waals surface area (Å²) in [6, 6.07) is 18.6. The molecule has 3 aromatic rings. The van der Waals surface area contributed by atoms with Gasteiger partial charge in [0.05, 0.1) is 12.2 Å². The molecule has 4 N–H and O–H groups in total. The SMILES string of the molecule is Cc1ccc(CNC(=O)c2cccc(NC3=CC=C(c4ccc(Cl)cc4)NN3)c2)o1. The van der Waals surface area contributed by atoms with Crippen LogP contribution >= 0.6 is 11.6 Å². The highest BCUT2D eigenvalue weighted by molar-refractivity contribution is 6.30. The largest absolute Gasteiger partial charge is 0.465 e. The van der Waals surface area contributed by atoms with Crippen molar-refractivity contribution in [1.29, 1.82) is 0 Å². The van der Waals surface area contributed by atoms with Gasteiger partial charge in [0.25, 0.3) is 5.91 Å². The van der Waals surface area contributed by atoms with E-state index in [9.17, 15) is 4.79 Å². The Morgan fingerprint density at radius 1 is 1.03 bits per heavy atom. The average Bonchev–Trinajstić information content (AvgIpc) is 3.18. The lowest BCUT2D eigenvalue weighted by molar-refractivity contribution is 0.0948. The van der Waals surface area contributed by atoms with Gasteiger partial charge in [-0.25, -0.2) is 0 Å². The number of aryl methyl sites for hydroxylation is 1. The summed E-state index contributed by atoms with van der Waals surface area (Å²) in [5.41, 5.74) is 9.57. The van der Waals surface area contributed by atoms with E-state index in [1.807, 2.05) is 67.6 Å². The van der Waals surface area contributed by atoms with Gasteiger partial charge in [-0.3, -0.25) is 15.6 Å². The summed E-state index contributed by atoms with van der Waals surface area (Å²) in [6.45, 7) is 2.22. The van der Waals surface area contributed by atoms with E-state index in [0.29, 0.717) is 17.1 Å². The highest BCUT2D eigenvalue weighted by Gasteiger charge is 2.10. The Morgan fingerprint density at radius 3 is 2.57 bits per heavy atom. The molecule has 2 heterocycles. The maximum atomic E-state index is 12.5. The smallest absolute Gasteiger partial charge is 0.251 e. The normalized spacial score (nSPS) is 12.9. The molecule has 6 nitrogen and oxygen atoms in total. The quantitative estimate of drug-likeness (QED) is 0.469. The number of rotatable bonds is 6. The lowest BCUT2D eigenvalue weighted by Crippen LogP contribution is -2.35. The van der Waals surface area contributed by atoms with Crippen LogP contribution in [0.4, 0.5) is 5.69 Å². The number of furan rings is 1. The predicted molar refractivity (Wildman–Crippen MR) is 118 cm³/mol. The molecule has 7 heteroatoms. The van der Waals surface area contributed by atoms with Crippen molar-refractivity contribution >= 4 is 28.9 Å². The van der Waals surface area contributed by atoms with Crippen LogP contribution in [0.15, 0.2) is 83.1 Å². The zero-order valence-electron chi connectivity index (χ0n) is 16.3. The molecule has 0 unspecified atom stereocenters. The van der Waals surface area contributed by atoms with Crippen molar-refractivity contribution in [2.24, 2.45) is 0 Å². The molecular weight excluding hydrogens is 400 g/mol. The summed E-state index contributed by atoms with van der Waals surface area (Å²) < 4.78 is 5.48. The Kier molecular flexibility index (Phi) is 5.77. The summed E-state index contributed by atoms with van der Waals surface area (Å²) in [6.07, 6.45) is 3.89. The number of carbonyl (C=O) groups excluding carboxylic acids is 1. The van der Waals surface area contributed by atoms with Gasteiger partial charge in [0.2, 0.25) is 0 Å². The maximum absolute atomic E-state index is 12.5. The molecule has 0 fully saturated rings. The second kappa shape index (κ2) is 8.80. The molecule has 1 amide bonds. The number of hydrogen-bond acceptors (Lipinski definition) is 5. The van der Waals surface area contributed by atoms with Gasteiger partial charge in [-0.05, 0) is 67.1 Å². The Labute approximate surface area is 179 Å². The van der Waals surface area contributed by atoms with Crippen LogP contribution in [0.1, 0.15) is 27.4 Å². The Morgan fingerprint density at radius 2 is 1.87 bits per heavy atom. The summed E-state index contributed by atoms with van der Waals surface area (Å²) in [7, 11) is 0. The summed E-state index contributed by atoms with van der Waals surface area (Å²) >= 11 is 5.94. The molecule has 4 rings (SSSR count). The standard InChI is InChI=1S/C23H21ClN4O2/c1-15-5-10-20(30-15)14-25-23(29)17-3-2-4-19(13-17)26-22-12-11-21(27-28-22)16-6-8-18(24)9-7-16/h2-13,26-28H,14H2,1H3,(H,25,29). The van der Waals surface area contributed by atoms with Crippen LogP contribution in [0.5, 0.6) is 0 Å². The van der Waals surface area contributed by atoms with Gasteiger partial charge >= 0.3 is 0 Å². The Balaban J connectivity index is 1.39. The van der Waals surface area contributed by atoms with Crippen LogP contribution in [0.2, 0.25) is 5.02 Å². The molecule has 0 aliphatic carbocycles. The second-order valence-corrected chi connectivity index (χ2v) is 7.25. The van der Waals surface area contributed by atoms with E-state index in [-0.39, 0.29) is 5.91 Å². The van der Waals surface area contributed by atoms with Crippen molar-refractivity contribution in [3.8, 4) is 0 Å². The van der Waals surface area contributed by atoms with E-state index in [0.717, 1.165) is 34.3 Å². The van der Waals surface area contributed by atoms with Crippen molar-refractivity contribution in [3.05, 3.63) is 106 Å². The van der Waals surface area contributed by atoms with Crippen LogP contribution in [0.3, 0.4) is 0 Å². The number of amides is 1. The molecule has 152 valence electrons. The molecule has 0 spiro atoms. The van der Waals surface area contributed by atoms with E-state index < -0.39 is 0 Å². The Hall–Kier alpha value is -3.64. The zero-order valence-corrected chi connectivity index (χ0v) is 17.1. The molecule has 1 aliphatic rings. The lowest BCUT2D eigenvalue weighted by atomic mass is 10.1. The number of allylic oxidation sites excluding steroid dienone is 2. The minimum Gasteiger partial charge on any atom is -0.465 e. The lowest BCUT2D eigenvalue weighted by Gasteiger charge is -2.21. The molecule has 30 heavy (non-hydrogen) atoms. The number of anilines is 1. The van der Waals surface area contributed by atoms with Gasteiger partial charge in [-0.2, -0.15) is 0 Å². The third-order valence-corrected chi connectivity index (χ3v) is 4.78. The highest BCUT2D eigenvalue weighted by atomic mass is 35.5. The van der Waals surface area contributed by atoms with Crippen LogP contribution in [-0.4, -0.2) is 5.91 Å². The molecule has 0 saturated heterocycles. The number of nitrogens with one attached hydrogen (secondary N) is 4. The fourth-order valence-corrected chi connectivity index (χ4v) is 3.12. The van der Waals surface area contributed by atoms with E-state index in [4.69, 9.17) is 16.0 Å². The third-order valence-electron chi connectivity index (χ3n) is 4.53.